The highest BCUT2D eigenvalue weighted by molar-refractivity contribution is 5.76. The monoisotopic (exact) mass is 377 g/mol. The Hall–Kier alpha value is -3.01. The van der Waals surface area contributed by atoms with Gasteiger partial charge < -0.3 is 9.64 Å². The first-order valence-electron chi connectivity index (χ1n) is 8.46. The van der Waals surface area contributed by atoms with Gasteiger partial charge in [0, 0.05) is 32.7 Å². The second kappa shape index (κ2) is 8.12. The summed E-state index contributed by atoms with van der Waals surface area (Å²) in [6.07, 6.45) is 1.20. The maximum Gasteiger partial charge on any atom is 0.350 e. The van der Waals surface area contributed by atoms with Crippen molar-refractivity contribution >= 4 is 11.6 Å². The average molecular weight is 377 g/mol. The van der Waals surface area contributed by atoms with E-state index >= 15 is 0 Å². The first kappa shape index (κ1) is 18.8. The molecule has 3 rings (SSSR count). The number of methoxy groups -OCH3 is 1. The van der Waals surface area contributed by atoms with Crippen LogP contribution in [0.2, 0.25) is 0 Å². The molecule has 1 aromatic carbocycles. The predicted octanol–water partition coefficient (Wildman–Crippen LogP) is 1.28. The summed E-state index contributed by atoms with van der Waals surface area (Å²) in [5, 5.41) is 14.9. The Morgan fingerprint density at radius 3 is 2.48 bits per heavy atom. The molecular formula is C17H20FN5O4. The highest BCUT2D eigenvalue weighted by Gasteiger charge is 2.24. The fourth-order valence-electron chi connectivity index (χ4n) is 2.99. The standard InChI is InChI=1S/C17H20FN5O4/c1-27-17-15(23(25)26)11-22(19-17)12-16(24)21-8-6-20(7-9-21)10-13-2-4-14(18)5-3-13/h2-5,11H,6-10,12H2,1H3. The molecule has 1 saturated heterocycles. The molecule has 0 atom stereocenters. The van der Waals surface area contributed by atoms with Crippen LogP contribution in [0.15, 0.2) is 30.5 Å². The average Bonchev–Trinajstić information content (AvgIpc) is 3.07. The van der Waals surface area contributed by atoms with Gasteiger partial charge in [-0.3, -0.25) is 24.5 Å². The van der Waals surface area contributed by atoms with Crippen LogP contribution < -0.4 is 4.74 Å². The van der Waals surface area contributed by atoms with Crippen LogP contribution in [0.5, 0.6) is 5.88 Å². The smallest absolute Gasteiger partial charge is 0.350 e. The summed E-state index contributed by atoms with van der Waals surface area (Å²) in [6, 6.07) is 6.38. The van der Waals surface area contributed by atoms with Crippen molar-refractivity contribution in [1.29, 1.82) is 0 Å². The molecule has 2 heterocycles. The van der Waals surface area contributed by atoms with Crippen LogP contribution in [-0.2, 0) is 17.9 Å². The molecule has 1 aliphatic heterocycles. The van der Waals surface area contributed by atoms with Crippen LogP contribution in [0.3, 0.4) is 0 Å². The van der Waals surface area contributed by atoms with Crippen molar-refractivity contribution in [2.45, 2.75) is 13.1 Å². The van der Waals surface area contributed by atoms with Gasteiger partial charge in [-0.05, 0) is 17.7 Å². The van der Waals surface area contributed by atoms with Crippen LogP contribution in [0, 0.1) is 15.9 Å². The number of aromatic nitrogens is 2. The second-order valence-electron chi connectivity index (χ2n) is 6.26. The normalized spacial score (nSPS) is 15.0. The van der Waals surface area contributed by atoms with Crippen molar-refractivity contribution in [3.63, 3.8) is 0 Å². The Kier molecular flexibility index (Phi) is 5.65. The quantitative estimate of drug-likeness (QED) is 0.556. The number of carbonyl (C=O) groups is 1. The number of rotatable bonds is 6. The third-order valence-corrected chi connectivity index (χ3v) is 4.44. The summed E-state index contributed by atoms with van der Waals surface area (Å²) in [5.74, 6) is -0.530. The number of hydrogen-bond acceptors (Lipinski definition) is 6. The van der Waals surface area contributed by atoms with Crippen LogP contribution in [0.4, 0.5) is 10.1 Å². The maximum absolute atomic E-state index is 13.0. The van der Waals surface area contributed by atoms with Gasteiger partial charge in [-0.15, -0.1) is 5.10 Å². The molecule has 2 aromatic rings. The lowest BCUT2D eigenvalue weighted by Gasteiger charge is -2.34. The molecule has 0 spiro atoms. The summed E-state index contributed by atoms with van der Waals surface area (Å²) in [6.45, 7) is 3.13. The number of halogens is 1. The number of benzene rings is 1. The van der Waals surface area contributed by atoms with E-state index in [0.29, 0.717) is 32.7 Å². The van der Waals surface area contributed by atoms with Gasteiger partial charge in [0.25, 0.3) is 0 Å². The minimum absolute atomic E-state index is 0.0812. The predicted molar refractivity (Wildman–Crippen MR) is 93.7 cm³/mol. The molecule has 10 heteroatoms. The molecule has 0 N–H and O–H groups in total. The number of carbonyl (C=O) groups excluding carboxylic acids is 1. The fraction of sp³-hybridized carbons (Fsp3) is 0.412. The first-order valence-corrected chi connectivity index (χ1v) is 8.46. The lowest BCUT2D eigenvalue weighted by Crippen LogP contribution is -2.49. The van der Waals surface area contributed by atoms with E-state index in [2.05, 4.69) is 10.00 Å². The Morgan fingerprint density at radius 1 is 1.26 bits per heavy atom. The summed E-state index contributed by atoms with van der Waals surface area (Å²) >= 11 is 0. The van der Waals surface area contributed by atoms with Crippen LogP contribution in [-0.4, -0.2) is 63.7 Å². The van der Waals surface area contributed by atoms with Gasteiger partial charge in [-0.1, -0.05) is 12.1 Å². The van der Waals surface area contributed by atoms with Gasteiger partial charge in [-0.2, -0.15) is 0 Å². The van der Waals surface area contributed by atoms with Gasteiger partial charge in [-0.25, -0.2) is 4.39 Å². The summed E-state index contributed by atoms with van der Waals surface area (Å²) in [7, 11) is 1.29. The lowest BCUT2D eigenvalue weighted by molar-refractivity contribution is -0.385. The highest BCUT2D eigenvalue weighted by Crippen LogP contribution is 2.24. The van der Waals surface area contributed by atoms with Gasteiger partial charge >= 0.3 is 11.6 Å². The van der Waals surface area contributed by atoms with Crippen LogP contribution in [0.1, 0.15) is 5.56 Å². The Labute approximate surface area is 155 Å². The van der Waals surface area contributed by atoms with Crippen molar-refractivity contribution < 1.29 is 18.8 Å². The number of nitro groups is 1. The second-order valence-corrected chi connectivity index (χ2v) is 6.26. The van der Waals surface area contributed by atoms with Crippen LogP contribution in [0.25, 0.3) is 0 Å². The molecule has 0 radical (unpaired) electrons. The summed E-state index contributed by atoms with van der Waals surface area (Å²) in [4.78, 5) is 26.7. The molecule has 1 aliphatic rings. The van der Waals surface area contributed by atoms with Crippen molar-refractivity contribution in [2.75, 3.05) is 33.3 Å². The van der Waals surface area contributed by atoms with E-state index in [-0.39, 0.29) is 29.8 Å². The van der Waals surface area contributed by atoms with Gasteiger partial charge in [0.05, 0.1) is 12.0 Å². The van der Waals surface area contributed by atoms with Crippen molar-refractivity contribution in [3.05, 3.63) is 52.0 Å². The van der Waals surface area contributed by atoms with Crippen LogP contribution >= 0.6 is 0 Å². The van der Waals surface area contributed by atoms with Gasteiger partial charge in [0.2, 0.25) is 5.91 Å². The Balaban J connectivity index is 1.52. The number of nitrogens with zero attached hydrogens (tertiary/aromatic N) is 5. The molecule has 27 heavy (non-hydrogen) atoms. The van der Waals surface area contributed by atoms with Gasteiger partial charge in [0.15, 0.2) is 0 Å². The van der Waals surface area contributed by atoms with E-state index < -0.39 is 4.92 Å². The molecule has 9 nitrogen and oxygen atoms in total. The van der Waals surface area contributed by atoms with E-state index in [0.717, 1.165) is 5.56 Å². The third kappa shape index (κ3) is 4.59. The van der Waals surface area contributed by atoms with Gasteiger partial charge in [0.1, 0.15) is 18.6 Å². The molecule has 1 fully saturated rings. The Morgan fingerprint density at radius 2 is 1.93 bits per heavy atom. The zero-order valence-corrected chi connectivity index (χ0v) is 14.9. The van der Waals surface area contributed by atoms with Crippen molar-refractivity contribution in [2.24, 2.45) is 0 Å². The zero-order valence-electron chi connectivity index (χ0n) is 14.9. The summed E-state index contributed by atoms with van der Waals surface area (Å²) < 4.78 is 19.1. The maximum atomic E-state index is 13.0. The third-order valence-electron chi connectivity index (χ3n) is 4.44. The lowest BCUT2D eigenvalue weighted by atomic mass is 10.2. The van der Waals surface area contributed by atoms with E-state index in [1.165, 1.54) is 30.1 Å². The highest BCUT2D eigenvalue weighted by atomic mass is 19.1. The number of hydrogen-bond donors (Lipinski definition) is 0. The van der Waals surface area contributed by atoms with Crippen molar-refractivity contribution in [1.82, 2.24) is 19.6 Å². The molecule has 1 aromatic heterocycles. The minimum Gasteiger partial charge on any atom is -0.475 e. The first-order chi connectivity index (χ1) is 13.0. The number of ether oxygens (including phenoxy) is 1. The molecular weight excluding hydrogens is 357 g/mol. The Bertz CT molecular complexity index is 815. The molecule has 0 unspecified atom stereocenters. The molecule has 1 amide bonds. The number of amides is 1. The van der Waals surface area contributed by atoms with E-state index in [4.69, 9.17) is 4.74 Å². The molecule has 0 aliphatic carbocycles. The van der Waals surface area contributed by atoms with Crippen molar-refractivity contribution in [3.8, 4) is 5.88 Å². The SMILES string of the molecule is COc1nn(CC(=O)N2CCN(Cc3ccc(F)cc3)CC2)cc1[N+](=O)[O-]. The number of piperazine rings is 1. The summed E-state index contributed by atoms with van der Waals surface area (Å²) in [5.41, 5.74) is 0.751. The van der Waals surface area contributed by atoms with E-state index in [1.807, 2.05) is 0 Å². The minimum atomic E-state index is -0.596. The largest absolute Gasteiger partial charge is 0.475 e. The molecule has 144 valence electrons. The van der Waals surface area contributed by atoms with E-state index in [9.17, 15) is 19.3 Å². The zero-order chi connectivity index (χ0) is 19.4. The van der Waals surface area contributed by atoms with E-state index in [1.54, 1.807) is 17.0 Å². The topological polar surface area (TPSA) is 93.7 Å². The molecule has 0 bridgehead atoms. The fourth-order valence-corrected chi connectivity index (χ4v) is 2.99. The molecule has 0 saturated carbocycles.